The molecular weight excluding hydrogens is 356 g/mol. The molecule has 0 bridgehead atoms. The number of nitrogens with zero attached hydrogens (tertiary/aromatic N) is 3. The molecule has 0 spiro atoms. The van der Waals surface area contributed by atoms with Crippen molar-refractivity contribution in [3.05, 3.63) is 46.2 Å². The summed E-state index contributed by atoms with van der Waals surface area (Å²) < 4.78 is 2.88. The van der Waals surface area contributed by atoms with Gasteiger partial charge in [0.25, 0.3) is 5.91 Å². The Balaban J connectivity index is 1.89. The monoisotopic (exact) mass is 376 g/mol. The summed E-state index contributed by atoms with van der Waals surface area (Å²) in [7, 11) is 0. The predicted octanol–water partition coefficient (Wildman–Crippen LogP) is 2.62. The Morgan fingerprint density at radius 1 is 1.39 bits per heavy atom. The lowest BCUT2D eigenvalue weighted by Crippen LogP contribution is -2.30. The minimum Gasteiger partial charge on any atom is -0.338 e. The Hall–Kier alpha value is -1.66. The molecule has 23 heavy (non-hydrogen) atoms. The average molecular weight is 377 g/mol. The maximum absolute atomic E-state index is 12.8. The molecule has 1 aromatic carbocycles. The van der Waals surface area contributed by atoms with Gasteiger partial charge in [0.05, 0.1) is 23.1 Å². The number of halogens is 1. The van der Waals surface area contributed by atoms with Gasteiger partial charge < -0.3 is 10.6 Å². The number of carbonyl (C=O) groups is 1. The molecule has 1 aromatic heterocycles. The Kier molecular flexibility index (Phi) is 4.82. The second-order valence-corrected chi connectivity index (χ2v) is 6.80. The van der Waals surface area contributed by atoms with Crippen LogP contribution in [-0.4, -0.2) is 40.2 Å². The van der Waals surface area contributed by atoms with Gasteiger partial charge in [-0.25, -0.2) is 4.68 Å². The molecule has 6 heteroatoms. The summed E-state index contributed by atoms with van der Waals surface area (Å²) in [6.07, 6.45) is 3.44. The molecule has 1 aliphatic heterocycles. The fraction of sp³-hybridized carbons (Fsp3) is 0.412. The summed E-state index contributed by atoms with van der Waals surface area (Å²) in [6, 6.07) is 7.93. The summed E-state index contributed by atoms with van der Waals surface area (Å²) in [4.78, 5) is 14.7. The van der Waals surface area contributed by atoms with Crippen molar-refractivity contribution < 1.29 is 4.79 Å². The van der Waals surface area contributed by atoms with Crippen molar-refractivity contribution in [1.29, 1.82) is 0 Å². The first-order valence-corrected chi connectivity index (χ1v) is 8.75. The van der Waals surface area contributed by atoms with Crippen molar-refractivity contribution in [3.63, 3.8) is 0 Å². The zero-order valence-electron chi connectivity index (χ0n) is 13.2. The van der Waals surface area contributed by atoms with Gasteiger partial charge in [-0.15, -0.1) is 0 Å². The van der Waals surface area contributed by atoms with Crippen LogP contribution in [0.15, 0.2) is 34.9 Å². The van der Waals surface area contributed by atoms with Crippen LogP contribution in [0.4, 0.5) is 0 Å². The third-order valence-electron chi connectivity index (χ3n) is 4.41. The number of likely N-dealkylation sites (tertiary alicyclic amines) is 1. The molecule has 2 heterocycles. The van der Waals surface area contributed by atoms with Gasteiger partial charge in [-0.3, -0.25) is 4.79 Å². The van der Waals surface area contributed by atoms with E-state index in [1.54, 1.807) is 6.20 Å². The van der Waals surface area contributed by atoms with Gasteiger partial charge in [-0.2, -0.15) is 5.10 Å². The maximum atomic E-state index is 12.8. The molecule has 2 aromatic rings. The molecule has 1 saturated heterocycles. The van der Waals surface area contributed by atoms with Gasteiger partial charge in [-0.05, 0) is 49.6 Å². The Labute approximate surface area is 144 Å². The summed E-state index contributed by atoms with van der Waals surface area (Å²) in [5.74, 6) is 0.492. The molecule has 1 amide bonds. The Morgan fingerprint density at radius 2 is 2.13 bits per heavy atom. The van der Waals surface area contributed by atoms with Crippen molar-refractivity contribution >= 4 is 21.8 Å². The third-order valence-corrected chi connectivity index (χ3v) is 4.94. The van der Waals surface area contributed by atoms with Crippen molar-refractivity contribution in [2.75, 3.05) is 19.6 Å². The largest absolute Gasteiger partial charge is 0.338 e. The van der Waals surface area contributed by atoms with Crippen LogP contribution in [0.5, 0.6) is 0 Å². The first kappa shape index (κ1) is 16.2. The zero-order valence-corrected chi connectivity index (χ0v) is 14.8. The summed E-state index contributed by atoms with van der Waals surface area (Å²) in [5.41, 5.74) is 8.34. The third kappa shape index (κ3) is 3.19. The standard InChI is InChI=1S/C17H21BrN4O/c1-2-16-15(17(23)21-8-7-12(9-19)11-21)10-20-22(16)14-5-3-13(18)4-6-14/h3-6,10,12H,2,7-9,11,19H2,1H3/t12-/m1/s1. The fourth-order valence-corrected chi connectivity index (χ4v) is 3.34. The van der Waals surface area contributed by atoms with E-state index >= 15 is 0 Å². The van der Waals surface area contributed by atoms with Crippen LogP contribution in [0.2, 0.25) is 0 Å². The van der Waals surface area contributed by atoms with Crippen LogP contribution >= 0.6 is 15.9 Å². The minimum absolute atomic E-state index is 0.0705. The zero-order chi connectivity index (χ0) is 16.4. The molecular formula is C17H21BrN4O. The number of hydrogen-bond acceptors (Lipinski definition) is 3. The van der Waals surface area contributed by atoms with E-state index in [0.29, 0.717) is 18.0 Å². The smallest absolute Gasteiger partial charge is 0.257 e. The molecule has 3 rings (SSSR count). The Bertz CT molecular complexity index is 695. The quantitative estimate of drug-likeness (QED) is 0.891. The molecule has 1 atom stereocenters. The van der Waals surface area contributed by atoms with E-state index in [1.807, 2.05) is 33.8 Å². The predicted molar refractivity (Wildman–Crippen MR) is 93.7 cm³/mol. The number of benzene rings is 1. The van der Waals surface area contributed by atoms with Gasteiger partial charge >= 0.3 is 0 Å². The number of aromatic nitrogens is 2. The van der Waals surface area contributed by atoms with Crippen LogP contribution < -0.4 is 5.73 Å². The second-order valence-electron chi connectivity index (χ2n) is 5.89. The second kappa shape index (κ2) is 6.84. The average Bonchev–Trinajstić information content (AvgIpc) is 3.21. The molecule has 0 aliphatic carbocycles. The summed E-state index contributed by atoms with van der Waals surface area (Å²) >= 11 is 3.44. The molecule has 0 radical (unpaired) electrons. The van der Waals surface area contributed by atoms with E-state index in [-0.39, 0.29) is 5.91 Å². The van der Waals surface area contributed by atoms with E-state index < -0.39 is 0 Å². The van der Waals surface area contributed by atoms with Crippen LogP contribution in [0.25, 0.3) is 5.69 Å². The number of hydrogen-bond donors (Lipinski definition) is 1. The first-order valence-electron chi connectivity index (χ1n) is 7.96. The lowest BCUT2D eigenvalue weighted by Gasteiger charge is -2.16. The van der Waals surface area contributed by atoms with Gasteiger partial charge in [-0.1, -0.05) is 22.9 Å². The minimum atomic E-state index is 0.0705. The molecule has 122 valence electrons. The lowest BCUT2D eigenvalue weighted by atomic mass is 10.1. The molecule has 2 N–H and O–H groups in total. The molecule has 0 saturated carbocycles. The van der Waals surface area contributed by atoms with Crippen LogP contribution in [0, 0.1) is 5.92 Å². The summed E-state index contributed by atoms with van der Waals surface area (Å²) in [5, 5.41) is 4.45. The molecule has 0 unspecified atom stereocenters. The van der Waals surface area contributed by atoms with E-state index in [4.69, 9.17) is 5.73 Å². The highest BCUT2D eigenvalue weighted by molar-refractivity contribution is 9.10. The van der Waals surface area contributed by atoms with Gasteiger partial charge in [0.15, 0.2) is 0 Å². The highest BCUT2D eigenvalue weighted by Crippen LogP contribution is 2.22. The highest BCUT2D eigenvalue weighted by Gasteiger charge is 2.28. The number of nitrogens with two attached hydrogens (primary N) is 1. The molecule has 1 aliphatic rings. The van der Waals surface area contributed by atoms with Gasteiger partial charge in [0, 0.05) is 17.6 Å². The van der Waals surface area contributed by atoms with Crippen LogP contribution in [-0.2, 0) is 6.42 Å². The van der Waals surface area contributed by atoms with E-state index in [9.17, 15) is 4.79 Å². The van der Waals surface area contributed by atoms with Crippen molar-refractivity contribution in [2.45, 2.75) is 19.8 Å². The van der Waals surface area contributed by atoms with Crippen molar-refractivity contribution in [3.8, 4) is 5.69 Å². The topological polar surface area (TPSA) is 64.2 Å². The maximum Gasteiger partial charge on any atom is 0.257 e. The lowest BCUT2D eigenvalue weighted by molar-refractivity contribution is 0.0786. The molecule has 5 nitrogen and oxygen atoms in total. The fourth-order valence-electron chi connectivity index (χ4n) is 3.08. The van der Waals surface area contributed by atoms with Crippen LogP contribution in [0.1, 0.15) is 29.4 Å². The number of rotatable bonds is 4. The normalized spacial score (nSPS) is 17.7. The summed E-state index contributed by atoms with van der Waals surface area (Å²) in [6.45, 7) is 4.23. The van der Waals surface area contributed by atoms with E-state index in [2.05, 4.69) is 28.0 Å². The van der Waals surface area contributed by atoms with Crippen LogP contribution in [0.3, 0.4) is 0 Å². The molecule has 1 fully saturated rings. The Morgan fingerprint density at radius 3 is 2.74 bits per heavy atom. The SMILES string of the molecule is CCc1c(C(=O)N2CC[C@H](CN)C2)cnn1-c1ccc(Br)cc1. The van der Waals surface area contributed by atoms with Crippen molar-refractivity contribution in [2.24, 2.45) is 11.7 Å². The van der Waals surface area contributed by atoms with Gasteiger partial charge in [0.2, 0.25) is 0 Å². The first-order chi connectivity index (χ1) is 11.1. The van der Waals surface area contributed by atoms with E-state index in [1.165, 1.54) is 0 Å². The van der Waals surface area contributed by atoms with Gasteiger partial charge in [0.1, 0.15) is 0 Å². The highest BCUT2D eigenvalue weighted by atomic mass is 79.9. The number of carbonyl (C=O) groups excluding carboxylic acids is 1. The number of amides is 1. The van der Waals surface area contributed by atoms with E-state index in [0.717, 1.165) is 41.8 Å². The van der Waals surface area contributed by atoms with Crippen molar-refractivity contribution in [1.82, 2.24) is 14.7 Å².